The minimum absolute atomic E-state index is 0.144. The van der Waals surface area contributed by atoms with E-state index in [1.165, 1.54) is 0 Å². The average Bonchev–Trinajstić information content (AvgIpc) is 2.98. The van der Waals surface area contributed by atoms with Crippen LogP contribution in [0.3, 0.4) is 0 Å². The van der Waals surface area contributed by atoms with Crippen molar-refractivity contribution in [2.75, 3.05) is 13.1 Å². The summed E-state index contributed by atoms with van der Waals surface area (Å²) in [6.45, 7) is 2.53. The fraction of sp³-hybridized carbons (Fsp3) is 0.235. The molecule has 0 radical (unpaired) electrons. The topological polar surface area (TPSA) is 87.1 Å². The van der Waals surface area contributed by atoms with E-state index in [9.17, 15) is 14.7 Å². The van der Waals surface area contributed by atoms with Crippen LogP contribution in [-0.2, 0) is 24.4 Å². The molecule has 218 valence electrons. The molecule has 0 saturated carbocycles. The molecule has 0 bridgehead atoms. The van der Waals surface area contributed by atoms with E-state index in [1.807, 2.05) is 66.7 Å². The number of aliphatic carboxylic acids is 1. The second-order valence-electron chi connectivity index (χ2n) is 10.1. The van der Waals surface area contributed by atoms with Crippen LogP contribution < -0.4 is 4.74 Å². The third-order valence-corrected chi connectivity index (χ3v) is 7.53. The summed E-state index contributed by atoms with van der Waals surface area (Å²) in [6.07, 6.45) is 2.25. The van der Waals surface area contributed by atoms with E-state index in [2.05, 4.69) is 11.0 Å². The van der Waals surface area contributed by atoms with Crippen LogP contribution >= 0.6 is 23.2 Å². The summed E-state index contributed by atoms with van der Waals surface area (Å²) < 4.78 is 6.24. The maximum atomic E-state index is 11.2. The second-order valence-corrected chi connectivity index (χ2v) is 10.9. The summed E-state index contributed by atoms with van der Waals surface area (Å²) in [5.74, 6) is -0.926. The lowest BCUT2D eigenvalue weighted by atomic mass is 10.0. The summed E-state index contributed by atoms with van der Waals surface area (Å²) in [5, 5.41) is 19.4. The standard InChI is InChI=1S/C34H33Cl2NO5/c35-29-16-17-30(31(36)21-29)26-12-10-25(11-13-26)23-42-32-6-2-1-5-27(32)18-20-37(19-4-3-7-33(38)39)22-24-8-14-28(15-9-24)34(40)41/h1-2,5-6,8-17,21H,3-4,7,18-20,22-23H2,(H,38,39)(H,40,41). The summed E-state index contributed by atoms with van der Waals surface area (Å²) in [6, 6.07) is 28.4. The highest BCUT2D eigenvalue weighted by Crippen LogP contribution is 2.30. The van der Waals surface area contributed by atoms with Gasteiger partial charge in [-0.2, -0.15) is 0 Å². The molecule has 6 nitrogen and oxygen atoms in total. The number of hydrogen-bond acceptors (Lipinski definition) is 4. The van der Waals surface area contributed by atoms with Crippen LogP contribution in [0.1, 0.15) is 46.3 Å². The van der Waals surface area contributed by atoms with E-state index in [-0.39, 0.29) is 12.0 Å². The fourth-order valence-electron chi connectivity index (χ4n) is 4.69. The molecule has 0 aliphatic carbocycles. The largest absolute Gasteiger partial charge is 0.489 e. The van der Waals surface area contributed by atoms with Gasteiger partial charge in [0.25, 0.3) is 0 Å². The fourth-order valence-corrected chi connectivity index (χ4v) is 5.21. The third kappa shape index (κ3) is 9.35. The van der Waals surface area contributed by atoms with E-state index < -0.39 is 11.9 Å². The minimum Gasteiger partial charge on any atom is -0.489 e. The Kier molecular flexibility index (Phi) is 11.4. The Balaban J connectivity index is 1.38. The van der Waals surface area contributed by atoms with Crippen LogP contribution in [0.5, 0.6) is 5.75 Å². The van der Waals surface area contributed by atoms with Gasteiger partial charge < -0.3 is 14.9 Å². The lowest BCUT2D eigenvalue weighted by molar-refractivity contribution is -0.137. The number of aromatic carboxylic acids is 1. The highest BCUT2D eigenvalue weighted by molar-refractivity contribution is 6.36. The normalized spacial score (nSPS) is 11.0. The molecule has 42 heavy (non-hydrogen) atoms. The van der Waals surface area contributed by atoms with Gasteiger partial charge in [-0.3, -0.25) is 9.69 Å². The van der Waals surface area contributed by atoms with E-state index in [0.717, 1.165) is 59.5 Å². The molecular weight excluding hydrogens is 573 g/mol. The number of benzene rings is 4. The van der Waals surface area contributed by atoms with Crippen molar-refractivity contribution in [3.8, 4) is 16.9 Å². The molecule has 8 heteroatoms. The Morgan fingerprint density at radius 2 is 1.50 bits per heavy atom. The molecule has 2 N–H and O–H groups in total. The molecule has 0 heterocycles. The zero-order chi connectivity index (χ0) is 29.9. The van der Waals surface area contributed by atoms with Gasteiger partial charge in [0.05, 0.1) is 5.56 Å². The van der Waals surface area contributed by atoms with Crippen molar-refractivity contribution < 1.29 is 24.5 Å². The van der Waals surface area contributed by atoms with Crippen LogP contribution in [0.2, 0.25) is 10.0 Å². The van der Waals surface area contributed by atoms with Gasteiger partial charge in [0, 0.05) is 35.1 Å². The van der Waals surface area contributed by atoms with Crippen LogP contribution in [0.25, 0.3) is 11.1 Å². The van der Waals surface area contributed by atoms with Crippen molar-refractivity contribution in [3.05, 3.63) is 123 Å². The van der Waals surface area contributed by atoms with Gasteiger partial charge >= 0.3 is 11.9 Å². The molecule has 0 fully saturated rings. The summed E-state index contributed by atoms with van der Waals surface area (Å²) in [7, 11) is 0. The monoisotopic (exact) mass is 605 g/mol. The number of halogens is 2. The predicted molar refractivity (Wildman–Crippen MR) is 167 cm³/mol. The summed E-state index contributed by atoms with van der Waals surface area (Å²) >= 11 is 12.4. The maximum Gasteiger partial charge on any atom is 0.335 e. The SMILES string of the molecule is O=C(O)CCCCN(CCc1ccccc1OCc1ccc(-c2ccc(Cl)cc2Cl)cc1)Cc1ccc(C(=O)O)cc1. The van der Waals surface area contributed by atoms with E-state index in [0.29, 0.717) is 29.6 Å². The van der Waals surface area contributed by atoms with Gasteiger partial charge in [-0.25, -0.2) is 4.79 Å². The minimum atomic E-state index is -0.953. The number of unbranched alkanes of at least 4 members (excludes halogenated alkanes) is 1. The van der Waals surface area contributed by atoms with E-state index in [4.69, 9.17) is 33.0 Å². The zero-order valence-electron chi connectivity index (χ0n) is 23.1. The van der Waals surface area contributed by atoms with Gasteiger partial charge in [0.15, 0.2) is 0 Å². The molecule has 4 rings (SSSR count). The first kappa shape index (κ1) is 31.1. The predicted octanol–water partition coefficient (Wildman–Crippen LogP) is 8.24. The first-order valence-electron chi connectivity index (χ1n) is 13.8. The Labute approximate surface area is 256 Å². The molecule has 4 aromatic carbocycles. The molecule has 0 unspecified atom stereocenters. The molecule has 0 aromatic heterocycles. The Hall–Kier alpha value is -3.84. The number of rotatable bonds is 15. The molecule has 0 saturated heterocycles. The van der Waals surface area contributed by atoms with Crippen molar-refractivity contribution in [1.82, 2.24) is 4.90 Å². The Morgan fingerprint density at radius 3 is 2.19 bits per heavy atom. The number of carboxylic acids is 2. The quantitative estimate of drug-likeness (QED) is 0.133. The van der Waals surface area contributed by atoms with E-state index >= 15 is 0 Å². The second kappa shape index (κ2) is 15.4. The van der Waals surface area contributed by atoms with Crippen molar-refractivity contribution in [1.29, 1.82) is 0 Å². The van der Waals surface area contributed by atoms with Gasteiger partial charge in [0.1, 0.15) is 12.4 Å². The van der Waals surface area contributed by atoms with E-state index in [1.54, 1.807) is 18.2 Å². The van der Waals surface area contributed by atoms with Crippen LogP contribution in [0.4, 0.5) is 0 Å². The summed E-state index contributed by atoms with van der Waals surface area (Å²) in [4.78, 5) is 24.4. The van der Waals surface area contributed by atoms with Gasteiger partial charge in [-0.15, -0.1) is 0 Å². The van der Waals surface area contributed by atoms with Crippen molar-refractivity contribution in [3.63, 3.8) is 0 Å². The molecule has 0 amide bonds. The number of nitrogens with zero attached hydrogens (tertiary/aromatic N) is 1. The number of carboxylic acid groups (broad SMARTS) is 2. The van der Waals surface area contributed by atoms with Gasteiger partial charge in [-0.05, 0) is 78.4 Å². The molecule has 0 spiro atoms. The Morgan fingerprint density at radius 1 is 0.786 bits per heavy atom. The average molecular weight is 607 g/mol. The van der Waals surface area contributed by atoms with Gasteiger partial charge in [0.2, 0.25) is 0 Å². The third-order valence-electron chi connectivity index (χ3n) is 6.98. The number of para-hydroxylation sites is 1. The highest BCUT2D eigenvalue weighted by Gasteiger charge is 2.12. The first-order valence-corrected chi connectivity index (χ1v) is 14.6. The Bertz CT molecular complexity index is 1490. The van der Waals surface area contributed by atoms with Gasteiger partial charge in [-0.1, -0.05) is 83.9 Å². The smallest absolute Gasteiger partial charge is 0.335 e. The van der Waals surface area contributed by atoms with Crippen LogP contribution in [-0.4, -0.2) is 40.1 Å². The molecule has 0 aliphatic rings. The molecular formula is C34H33Cl2NO5. The van der Waals surface area contributed by atoms with Crippen LogP contribution in [0, 0.1) is 0 Å². The molecule has 0 atom stereocenters. The highest BCUT2D eigenvalue weighted by atomic mass is 35.5. The first-order chi connectivity index (χ1) is 20.3. The number of ether oxygens (including phenoxy) is 1. The lowest BCUT2D eigenvalue weighted by Crippen LogP contribution is -2.27. The van der Waals surface area contributed by atoms with Crippen molar-refractivity contribution in [2.45, 2.75) is 38.8 Å². The molecule has 4 aromatic rings. The number of carbonyl (C=O) groups is 2. The zero-order valence-corrected chi connectivity index (χ0v) is 24.7. The lowest BCUT2D eigenvalue weighted by Gasteiger charge is -2.23. The van der Waals surface area contributed by atoms with Crippen LogP contribution in [0.15, 0.2) is 91.0 Å². The maximum absolute atomic E-state index is 11.2. The number of hydrogen-bond donors (Lipinski definition) is 2. The van der Waals surface area contributed by atoms with Crippen molar-refractivity contribution in [2.24, 2.45) is 0 Å². The summed E-state index contributed by atoms with van der Waals surface area (Å²) in [5.41, 5.74) is 5.29. The van der Waals surface area contributed by atoms with Crippen molar-refractivity contribution >= 4 is 35.1 Å². The molecule has 0 aliphatic heterocycles.